The van der Waals surface area contributed by atoms with Crippen molar-refractivity contribution in [2.45, 2.75) is 20.3 Å². The molecule has 0 aliphatic carbocycles. The Morgan fingerprint density at radius 2 is 2.36 bits per heavy atom. The van der Waals surface area contributed by atoms with E-state index in [9.17, 15) is 9.59 Å². The van der Waals surface area contributed by atoms with Gasteiger partial charge in [0.1, 0.15) is 5.78 Å². The third-order valence-corrected chi connectivity index (χ3v) is 2.41. The fourth-order valence-electron chi connectivity index (χ4n) is 1.63. The zero-order valence-electron chi connectivity index (χ0n) is 8.78. The van der Waals surface area contributed by atoms with E-state index in [1.54, 1.807) is 6.92 Å². The smallest absolute Gasteiger partial charge is 0.320 e. The van der Waals surface area contributed by atoms with Crippen LogP contribution in [0, 0.1) is 5.92 Å². The first-order valence-electron chi connectivity index (χ1n) is 5.04. The molecule has 1 aliphatic heterocycles. The number of esters is 1. The third-order valence-electron chi connectivity index (χ3n) is 2.41. The van der Waals surface area contributed by atoms with Crippen molar-refractivity contribution in [3.8, 4) is 0 Å². The number of nitrogens with zero attached hydrogens (tertiary/aromatic N) is 1. The van der Waals surface area contributed by atoms with Gasteiger partial charge in [0.05, 0.1) is 13.2 Å². The van der Waals surface area contributed by atoms with Crippen molar-refractivity contribution in [3.05, 3.63) is 0 Å². The van der Waals surface area contributed by atoms with Crippen LogP contribution in [0.4, 0.5) is 0 Å². The van der Waals surface area contributed by atoms with Crippen LogP contribution in [0.25, 0.3) is 0 Å². The minimum atomic E-state index is -0.200. The van der Waals surface area contributed by atoms with E-state index in [-0.39, 0.29) is 11.9 Å². The van der Waals surface area contributed by atoms with E-state index in [2.05, 4.69) is 0 Å². The Hall–Kier alpha value is -0.900. The summed E-state index contributed by atoms with van der Waals surface area (Å²) in [5.74, 6) is 0.150. The van der Waals surface area contributed by atoms with Gasteiger partial charge in [0.25, 0.3) is 0 Å². The van der Waals surface area contributed by atoms with Gasteiger partial charge < -0.3 is 4.74 Å². The summed E-state index contributed by atoms with van der Waals surface area (Å²) in [5.41, 5.74) is 0. The SMILES string of the molecule is CCOC(=O)CN1CCC(=O)C(C)C1. The minimum Gasteiger partial charge on any atom is -0.465 e. The van der Waals surface area contributed by atoms with E-state index in [0.29, 0.717) is 38.4 Å². The maximum Gasteiger partial charge on any atom is 0.320 e. The molecule has 0 radical (unpaired) electrons. The Labute approximate surface area is 84.2 Å². The first-order chi connectivity index (χ1) is 6.63. The Balaban J connectivity index is 2.32. The molecule has 1 aliphatic rings. The molecular formula is C10H17NO3. The summed E-state index contributed by atoms with van der Waals surface area (Å²) < 4.78 is 4.84. The summed E-state index contributed by atoms with van der Waals surface area (Å²) in [4.78, 5) is 24.3. The van der Waals surface area contributed by atoms with Crippen LogP contribution < -0.4 is 0 Å². The molecule has 1 atom stereocenters. The zero-order chi connectivity index (χ0) is 10.6. The molecule has 0 aromatic carbocycles. The average molecular weight is 199 g/mol. The number of hydrogen-bond donors (Lipinski definition) is 0. The normalized spacial score (nSPS) is 23.6. The van der Waals surface area contributed by atoms with Crippen LogP contribution in [0.2, 0.25) is 0 Å². The quantitative estimate of drug-likeness (QED) is 0.619. The maximum absolute atomic E-state index is 11.2. The van der Waals surface area contributed by atoms with Crippen LogP contribution in [0.5, 0.6) is 0 Å². The Morgan fingerprint density at radius 3 is 2.93 bits per heavy atom. The molecule has 4 nitrogen and oxygen atoms in total. The summed E-state index contributed by atoms with van der Waals surface area (Å²) in [6.45, 7) is 5.78. The second-order valence-corrected chi connectivity index (χ2v) is 3.66. The first-order valence-corrected chi connectivity index (χ1v) is 5.04. The van der Waals surface area contributed by atoms with Crippen LogP contribution in [-0.4, -0.2) is 42.9 Å². The molecule has 0 N–H and O–H groups in total. The van der Waals surface area contributed by atoms with Crippen molar-refractivity contribution < 1.29 is 14.3 Å². The molecule has 1 rings (SSSR count). The Kier molecular flexibility index (Phi) is 4.07. The lowest BCUT2D eigenvalue weighted by atomic mass is 9.99. The predicted octanol–water partition coefficient (Wildman–Crippen LogP) is 0.460. The number of ketones is 1. The summed E-state index contributed by atoms with van der Waals surface area (Å²) in [7, 11) is 0. The lowest BCUT2D eigenvalue weighted by Gasteiger charge is -2.28. The number of piperidine rings is 1. The number of rotatable bonds is 3. The molecule has 1 heterocycles. The maximum atomic E-state index is 11.2. The van der Waals surface area contributed by atoms with Crippen molar-refractivity contribution in [1.29, 1.82) is 0 Å². The predicted molar refractivity (Wildman–Crippen MR) is 51.9 cm³/mol. The molecule has 1 unspecified atom stereocenters. The van der Waals surface area contributed by atoms with E-state index in [0.717, 1.165) is 0 Å². The molecule has 0 aromatic heterocycles. The highest BCUT2D eigenvalue weighted by Gasteiger charge is 2.24. The molecule has 1 fully saturated rings. The van der Waals surface area contributed by atoms with Crippen LogP contribution in [0.1, 0.15) is 20.3 Å². The van der Waals surface area contributed by atoms with Gasteiger partial charge in [0.2, 0.25) is 0 Å². The topological polar surface area (TPSA) is 46.6 Å². The van der Waals surface area contributed by atoms with Crippen molar-refractivity contribution in [2.75, 3.05) is 26.2 Å². The van der Waals surface area contributed by atoms with Gasteiger partial charge in [-0.3, -0.25) is 14.5 Å². The fourth-order valence-corrected chi connectivity index (χ4v) is 1.63. The lowest BCUT2D eigenvalue weighted by molar-refractivity contribution is -0.145. The van der Waals surface area contributed by atoms with Crippen molar-refractivity contribution in [1.82, 2.24) is 4.90 Å². The Bertz CT molecular complexity index is 227. The summed E-state index contributed by atoms with van der Waals surface area (Å²) >= 11 is 0. The summed E-state index contributed by atoms with van der Waals surface area (Å²) in [6.07, 6.45) is 0.556. The van der Waals surface area contributed by atoms with Crippen molar-refractivity contribution in [2.24, 2.45) is 5.92 Å². The largest absolute Gasteiger partial charge is 0.465 e. The molecule has 0 saturated carbocycles. The number of carbonyl (C=O) groups is 2. The highest BCUT2D eigenvalue weighted by atomic mass is 16.5. The standard InChI is InChI=1S/C10H17NO3/c1-3-14-10(13)7-11-5-4-9(12)8(2)6-11/h8H,3-7H2,1-2H3. The number of likely N-dealkylation sites (tertiary alicyclic amines) is 1. The molecule has 0 spiro atoms. The first kappa shape index (κ1) is 11.2. The number of carbonyl (C=O) groups excluding carboxylic acids is 2. The third kappa shape index (κ3) is 3.10. The van der Waals surface area contributed by atoms with E-state index in [4.69, 9.17) is 4.74 Å². The van der Waals surface area contributed by atoms with Gasteiger partial charge in [0, 0.05) is 25.4 Å². The van der Waals surface area contributed by atoms with Gasteiger partial charge in [-0.2, -0.15) is 0 Å². The molecule has 0 amide bonds. The van der Waals surface area contributed by atoms with Crippen molar-refractivity contribution in [3.63, 3.8) is 0 Å². The summed E-state index contributed by atoms with van der Waals surface area (Å²) in [6, 6.07) is 0. The lowest BCUT2D eigenvalue weighted by Crippen LogP contribution is -2.42. The minimum absolute atomic E-state index is 0.0539. The number of Topliss-reactive ketones (excluding diaryl/α,β-unsaturated/α-hetero) is 1. The molecule has 4 heteroatoms. The number of ether oxygens (including phenoxy) is 1. The van der Waals surface area contributed by atoms with Gasteiger partial charge in [-0.15, -0.1) is 0 Å². The monoisotopic (exact) mass is 199 g/mol. The van der Waals surface area contributed by atoms with Gasteiger partial charge >= 0.3 is 5.97 Å². The van der Waals surface area contributed by atoms with Crippen LogP contribution >= 0.6 is 0 Å². The highest BCUT2D eigenvalue weighted by molar-refractivity contribution is 5.82. The van der Waals surface area contributed by atoms with E-state index in [1.165, 1.54) is 0 Å². The van der Waals surface area contributed by atoms with Gasteiger partial charge in [-0.1, -0.05) is 6.92 Å². The second-order valence-electron chi connectivity index (χ2n) is 3.66. The van der Waals surface area contributed by atoms with Crippen molar-refractivity contribution >= 4 is 11.8 Å². The zero-order valence-corrected chi connectivity index (χ0v) is 8.78. The van der Waals surface area contributed by atoms with Gasteiger partial charge in [-0.05, 0) is 6.92 Å². The van der Waals surface area contributed by atoms with E-state index >= 15 is 0 Å². The van der Waals surface area contributed by atoms with E-state index in [1.807, 2.05) is 11.8 Å². The van der Waals surface area contributed by atoms with Crippen LogP contribution in [-0.2, 0) is 14.3 Å². The number of hydrogen-bond acceptors (Lipinski definition) is 4. The fraction of sp³-hybridized carbons (Fsp3) is 0.800. The van der Waals surface area contributed by atoms with Crippen LogP contribution in [0.15, 0.2) is 0 Å². The second kappa shape index (κ2) is 5.10. The molecule has 80 valence electrons. The molecular weight excluding hydrogens is 182 g/mol. The Morgan fingerprint density at radius 1 is 1.64 bits per heavy atom. The van der Waals surface area contributed by atoms with Gasteiger partial charge in [0.15, 0.2) is 0 Å². The average Bonchev–Trinajstić information content (AvgIpc) is 2.12. The van der Waals surface area contributed by atoms with Crippen LogP contribution in [0.3, 0.4) is 0 Å². The molecule has 1 saturated heterocycles. The highest BCUT2D eigenvalue weighted by Crippen LogP contribution is 2.11. The molecule has 0 aromatic rings. The molecule has 0 bridgehead atoms. The summed E-state index contributed by atoms with van der Waals surface area (Å²) in [5, 5.41) is 0. The molecule has 14 heavy (non-hydrogen) atoms. The van der Waals surface area contributed by atoms with E-state index < -0.39 is 0 Å². The van der Waals surface area contributed by atoms with Gasteiger partial charge in [-0.25, -0.2) is 0 Å².